The lowest BCUT2D eigenvalue weighted by Crippen LogP contribution is -2.14. The molecule has 4 aromatic rings. The Labute approximate surface area is 246 Å². The zero-order chi connectivity index (χ0) is 28.7. The molecular formula is C32H36N4O6. The SMILES string of the molecule is c1ccc(-c2cnc3c(c2)COCCOCCOCCOCCOCCOCc2cc(-c4ccccn4)cnc2-3)nc1. The van der Waals surface area contributed by atoms with Crippen LogP contribution in [-0.4, -0.2) is 86.0 Å². The van der Waals surface area contributed by atoms with E-state index in [0.717, 1.165) is 45.0 Å². The number of hydrogen-bond donors (Lipinski definition) is 0. The number of aromatic nitrogens is 4. The highest BCUT2D eigenvalue weighted by Gasteiger charge is 2.17. The summed E-state index contributed by atoms with van der Waals surface area (Å²) in [6.45, 7) is 5.44. The second kappa shape index (κ2) is 16.7. The second-order valence-electron chi connectivity index (χ2n) is 9.45. The van der Waals surface area contributed by atoms with Crippen LogP contribution in [0.15, 0.2) is 73.3 Å². The Balaban J connectivity index is 1.43. The lowest BCUT2D eigenvalue weighted by molar-refractivity contribution is -0.0186. The van der Waals surface area contributed by atoms with Crippen molar-refractivity contribution in [1.29, 1.82) is 0 Å². The van der Waals surface area contributed by atoms with Crippen molar-refractivity contribution in [1.82, 2.24) is 19.9 Å². The molecule has 0 amide bonds. The first-order chi connectivity index (χ1) is 20.9. The van der Waals surface area contributed by atoms with E-state index in [1.807, 2.05) is 48.8 Å². The molecule has 42 heavy (non-hydrogen) atoms. The molecular weight excluding hydrogens is 536 g/mol. The van der Waals surface area contributed by atoms with Gasteiger partial charge in [0.05, 0.1) is 102 Å². The van der Waals surface area contributed by atoms with Crippen molar-refractivity contribution in [3.8, 4) is 33.9 Å². The Hall–Kier alpha value is -3.64. The minimum absolute atomic E-state index is 0.331. The van der Waals surface area contributed by atoms with Crippen LogP contribution >= 0.6 is 0 Å². The first kappa shape index (κ1) is 29.8. The molecule has 0 radical (unpaired) electrons. The van der Waals surface area contributed by atoms with E-state index in [4.69, 9.17) is 38.4 Å². The van der Waals surface area contributed by atoms with Crippen LogP contribution in [-0.2, 0) is 41.6 Å². The first-order valence-corrected chi connectivity index (χ1v) is 14.2. The van der Waals surface area contributed by atoms with Crippen molar-refractivity contribution in [3.63, 3.8) is 0 Å². The molecule has 0 bridgehead atoms. The van der Waals surface area contributed by atoms with Gasteiger partial charge in [0.1, 0.15) is 0 Å². The average Bonchev–Trinajstić information content (AvgIpc) is 3.04. The Morgan fingerprint density at radius 3 is 1.17 bits per heavy atom. The lowest BCUT2D eigenvalue weighted by Gasteiger charge is -2.16. The summed E-state index contributed by atoms with van der Waals surface area (Å²) in [5.41, 5.74) is 6.71. The molecule has 5 rings (SSSR count). The summed E-state index contributed by atoms with van der Waals surface area (Å²) in [5, 5.41) is 0. The largest absolute Gasteiger partial charge is 0.377 e. The standard InChI is InChI=1S/C32H36N4O6/c1-3-7-33-29(5-1)25-19-27-23-41-17-15-39-13-11-37-9-10-38-12-14-40-16-18-42-24-28-20-26(30-6-2-4-8-34-30)22-36-32(28)31(27)35-21-25/h1-8,19-22H,9-18,23-24H2. The van der Waals surface area contributed by atoms with Crippen LogP contribution in [0.3, 0.4) is 0 Å². The maximum absolute atomic E-state index is 6.04. The molecule has 220 valence electrons. The predicted molar refractivity (Wildman–Crippen MR) is 157 cm³/mol. The molecule has 0 unspecified atom stereocenters. The van der Waals surface area contributed by atoms with Crippen LogP contribution in [0.25, 0.3) is 33.9 Å². The second-order valence-corrected chi connectivity index (χ2v) is 9.45. The van der Waals surface area contributed by atoms with Gasteiger partial charge in [-0.05, 0) is 36.4 Å². The van der Waals surface area contributed by atoms with Gasteiger partial charge in [-0.1, -0.05) is 12.1 Å². The van der Waals surface area contributed by atoms with E-state index in [-0.39, 0.29) is 0 Å². The van der Waals surface area contributed by atoms with E-state index in [1.54, 1.807) is 12.4 Å². The third-order valence-electron chi connectivity index (χ3n) is 6.45. The number of rotatable bonds is 2. The van der Waals surface area contributed by atoms with Crippen LogP contribution in [0, 0.1) is 0 Å². The molecule has 0 aromatic carbocycles. The monoisotopic (exact) mass is 572 g/mol. The van der Waals surface area contributed by atoms with Gasteiger partial charge < -0.3 is 28.4 Å². The van der Waals surface area contributed by atoms with Crippen molar-refractivity contribution >= 4 is 0 Å². The molecule has 0 spiro atoms. The summed E-state index contributed by atoms with van der Waals surface area (Å²) in [6.07, 6.45) is 7.19. The molecule has 5 heterocycles. The van der Waals surface area contributed by atoms with Gasteiger partial charge in [-0.2, -0.15) is 0 Å². The normalized spacial score (nSPS) is 16.8. The summed E-state index contributed by atoms with van der Waals surface area (Å²) < 4.78 is 34.5. The van der Waals surface area contributed by atoms with E-state index in [2.05, 4.69) is 22.1 Å². The van der Waals surface area contributed by atoms with Crippen molar-refractivity contribution in [2.24, 2.45) is 0 Å². The molecule has 0 saturated carbocycles. The highest BCUT2D eigenvalue weighted by molar-refractivity contribution is 5.70. The third kappa shape index (κ3) is 8.93. The van der Waals surface area contributed by atoms with Crippen LogP contribution in [0.2, 0.25) is 0 Å². The van der Waals surface area contributed by atoms with E-state index in [1.165, 1.54) is 0 Å². The zero-order valence-electron chi connectivity index (χ0n) is 23.7. The van der Waals surface area contributed by atoms with E-state index < -0.39 is 0 Å². The quantitative estimate of drug-likeness (QED) is 0.343. The zero-order valence-corrected chi connectivity index (χ0v) is 23.7. The minimum atomic E-state index is 0.331. The summed E-state index contributed by atoms with van der Waals surface area (Å²) in [5.74, 6) is 0. The maximum atomic E-state index is 6.04. The van der Waals surface area contributed by atoms with E-state index in [0.29, 0.717) is 79.3 Å². The molecule has 0 saturated heterocycles. The van der Waals surface area contributed by atoms with Gasteiger partial charge in [-0.25, -0.2) is 0 Å². The number of ether oxygens (including phenoxy) is 6. The van der Waals surface area contributed by atoms with Crippen LogP contribution in [0.5, 0.6) is 0 Å². The molecule has 0 N–H and O–H groups in total. The number of nitrogens with zero attached hydrogens (tertiary/aromatic N) is 4. The Morgan fingerprint density at radius 1 is 0.429 bits per heavy atom. The van der Waals surface area contributed by atoms with E-state index in [9.17, 15) is 0 Å². The number of hydrogen-bond acceptors (Lipinski definition) is 10. The van der Waals surface area contributed by atoms with Gasteiger partial charge >= 0.3 is 0 Å². The van der Waals surface area contributed by atoms with Crippen LogP contribution < -0.4 is 0 Å². The summed E-state index contributed by atoms with van der Waals surface area (Å²) in [7, 11) is 0. The van der Waals surface area contributed by atoms with Gasteiger partial charge in [0.2, 0.25) is 0 Å². The maximum Gasteiger partial charge on any atom is 0.0945 e. The van der Waals surface area contributed by atoms with Gasteiger partial charge in [0.25, 0.3) is 0 Å². The number of fused-ring (bicyclic) bond motifs is 3. The number of pyridine rings is 4. The summed E-state index contributed by atoms with van der Waals surface area (Å²) in [4.78, 5) is 18.7. The predicted octanol–water partition coefficient (Wildman–Crippen LogP) is 4.38. The Kier molecular flexibility index (Phi) is 11.9. The van der Waals surface area contributed by atoms with Gasteiger partial charge in [0.15, 0.2) is 0 Å². The van der Waals surface area contributed by atoms with Crippen molar-refractivity contribution < 1.29 is 28.4 Å². The fourth-order valence-electron chi connectivity index (χ4n) is 4.38. The topological polar surface area (TPSA) is 107 Å². The highest BCUT2D eigenvalue weighted by atomic mass is 16.6. The van der Waals surface area contributed by atoms with Crippen molar-refractivity contribution in [3.05, 3.63) is 84.4 Å². The fraction of sp³-hybridized carbons (Fsp3) is 0.375. The first-order valence-electron chi connectivity index (χ1n) is 14.2. The summed E-state index contributed by atoms with van der Waals surface area (Å²) in [6, 6.07) is 15.8. The molecule has 0 aliphatic carbocycles. The Morgan fingerprint density at radius 2 is 0.810 bits per heavy atom. The summed E-state index contributed by atoms with van der Waals surface area (Å²) >= 11 is 0. The van der Waals surface area contributed by atoms with E-state index >= 15 is 0 Å². The molecule has 4 aromatic heterocycles. The molecule has 1 aliphatic heterocycles. The average molecular weight is 573 g/mol. The Bertz CT molecular complexity index is 1250. The molecule has 0 atom stereocenters. The molecule has 10 heteroatoms. The molecule has 1 aliphatic rings. The smallest absolute Gasteiger partial charge is 0.0945 e. The third-order valence-corrected chi connectivity index (χ3v) is 6.45. The minimum Gasteiger partial charge on any atom is -0.377 e. The van der Waals surface area contributed by atoms with Gasteiger partial charge in [0, 0.05) is 47.0 Å². The fourth-order valence-corrected chi connectivity index (χ4v) is 4.38. The highest BCUT2D eigenvalue weighted by Crippen LogP contribution is 2.30. The molecule has 0 fully saturated rings. The molecule has 10 nitrogen and oxygen atoms in total. The van der Waals surface area contributed by atoms with Crippen LogP contribution in [0.1, 0.15) is 11.1 Å². The van der Waals surface area contributed by atoms with Crippen molar-refractivity contribution in [2.75, 3.05) is 66.1 Å². The van der Waals surface area contributed by atoms with Crippen molar-refractivity contribution in [2.45, 2.75) is 13.2 Å². The van der Waals surface area contributed by atoms with Gasteiger partial charge in [-0.15, -0.1) is 0 Å². The van der Waals surface area contributed by atoms with Gasteiger partial charge in [-0.3, -0.25) is 19.9 Å². The lowest BCUT2D eigenvalue weighted by atomic mass is 10.0. The van der Waals surface area contributed by atoms with Crippen LogP contribution in [0.4, 0.5) is 0 Å².